The lowest BCUT2D eigenvalue weighted by Gasteiger charge is -2.01. The normalized spacial score (nSPS) is 12.0. The van der Waals surface area contributed by atoms with Crippen molar-refractivity contribution >= 4 is 11.8 Å². The summed E-state index contributed by atoms with van der Waals surface area (Å²) >= 11 is 0. The number of carbonyl (C=O) groups excluding carboxylic acids is 2. The minimum absolute atomic E-state index is 0.104. The fraction of sp³-hybridized carbons (Fsp3) is 0.500. The zero-order chi connectivity index (χ0) is 9.02. The standard InChI is InChI=1S/C8H12O3/c1-5(7(3)9)6(2)8(10)11-4/h1-4H3/b6-5-. The summed E-state index contributed by atoms with van der Waals surface area (Å²) in [4.78, 5) is 21.6. The van der Waals surface area contributed by atoms with E-state index in [1.165, 1.54) is 14.0 Å². The second kappa shape index (κ2) is 3.91. The number of methoxy groups -OCH3 is 1. The summed E-state index contributed by atoms with van der Waals surface area (Å²) in [5, 5.41) is 0. The molecule has 0 aliphatic rings. The first-order valence-electron chi connectivity index (χ1n) is 3.27. The number of Topliss-reactive ketones (excluding diaryl/α,β-unsaturated/α-hetero) is 1. The van der Waals surface area contributed by atoms with E-state index in [4.69, 9.17) is 0 Å². The highest BCUT2D eigenvalue weighted by Crippen LogP contribution is 2.05. The summed E-state index contributed by atoms with van der Waals surface area (Å²) in [6.07, 6.45) is 0. The second-order valence-electron chi connectivity index (χ2n) is 2.30. The van der Waals surface area contributed by atoms with E-state index in [0.29, 0.717) is 11.1 Å². The molecule has 0 atom stereocenters. The maximum absolute atomic E-state index is 10.8. The van der Waals surface area contributed by atoms with Gasteiger partial charge in [-0.2, -0.15) is 0 Å². The van der Waals surface area contributed by atoms with Crippen molar-refractivity contribution in [3.63, 3.8) is 0 Å². The van der Waals surface area contributed by atoms with Crippen molar-refractivity contribution < 1.29 is 14.3 Å². The lowest BCUT2D eigenvalue weighted by Crippen LogP contribution is -2.07. The van der Waals surface area contributed by atoms with Gasteiger partial charge < -0.3 is 4.74 Å². The zero-order valence-corrected chi connectivity index (χ0v) is 7.22. The molecular formula is C8H12O3. The maximum Gasteiger partial charge on any atom is 0.333 e. The molecule has 0 N–H and O–H groups in total. The van der Waals surface area contributed by atoms with Crippen LogP contribution in [-0.2, 0) is 14.3 Å². The van der Waals surface area contributed by atoms with Gasteiger partial charge >= 0.3 is 5.97 Å². The lowest BCUT2D eigenvalue weighted by molar-refractivity contribution is -0.136. The third-order valence-electron chi connectivity index (χ3n) is 1.58. The molecular weight excluding hydrogens is 144 g/mol. The molecule has 11 heavy (non-hydrogen) atoms. The van der Waals surface area contributed by atoms with Gasteiger partial charge in [0.1, 0.15) is 0 Å². The molecule has 0 saturated carbocycles. The van der Waals surface area contributed by atoms with Crippen molar-refractivity contribution in [1.29, 1.82) is 0 Å². The minimum atomic E-state index is -0.447. The van der Waals surface area contributed by atoms with Gasteiger partial charge in [0.15, 0.2) is 5.78 Å². The van der Waals surface area contributed by atoms with Gasteiger partial charge in [-0.05, 0) is 20.8 Å². The highest BCUT2D eigenvalue weighted by Gasteiger charge is 2.09. The van der Waals surface area contributed by atoms with Gasteiger partial charge in [-0.3, -0.25) is 4.79 Å². The predicted molar refractivity (Wildman–Crippen MR) is 41.1 cm³/mol. The fourth-order valence-electron chi connectivity index (χ4n) is 0.570. The first kappa shape index (κ1) is 9.88. The number of ketones is 1. The van der Waals surface area contributed by atoms with E-state index in [-0.39, 0.29) is 5.78 Å². The number of hydrogen-bond acceptors (Lipinski definition) is 3. The third kappa shape index (κ3) is 2.53. The summed E-state index contributed by atoms with van der Waals surface area (Å²) in [6.45, 7) is 4.60. The van der Waals surface area contributed by atoms with Crippen molar-refractivity contribution in [3.8, 4) is 0 Å². The summed E-state index contributed by atoms with van der Waals surface area (Å²) in [5.74, 6) is -0.550. The van der Waals surface area contributed by atoms with Gasteiger partial charge in [-0.25, -0.2) is 4.79 Å². The highest BCUT2D eigenvalue weighted by atomic mass is 16.5. The van der Waals surface area contributed by atoms with E-state index in [1.54, 1.807) is 13.8 Å². The molecule has 0 rings (SSSR count). The van der Waals surface area contributed by atoms with Crippen molar-refractivity contribution in [3.05, 3.63) is 11.1 Å². The van der Waals surface area contributed by atoms with E-state index in [0.717, 1.165) is 0 Å². The smallest absolute Gasteiger partial charge is 0.333 e. The van der Waals surface area contributed by atoms with Gasteiger partial charge in [-0.15, -0.1) is 0 Å². The van der Waals surface area contributed by atoms with Crippen LogP contribution in [0.15, 0.2) is 11.1 Å². The molecule has 0 radical (unpaired) electrons. The molecule has 0 fully saturated rings. The minimum Gasteiger partial charge on any atom is -0.466 e. The Morgan fingerprint density at radius 2 is 1.45 bits per heavy atom. The Kier molecular flexibility index (Phi) is 3.51. The van der Waals surface area contributed by atoms with Crippen LogP contribution in [0.1, 0.15) is 20.8 Å². The Morgan fingerprint density at radius 1 is 1.00 bits per heavy atom. The molecule has 0 bridgehead atoms. The van der Waals surface area contributed by atoms with Gasteiger partial charge in [0.05, 0.1) is 7.11 Å². The first-order valence-corrected chi connectivity index (χ1v) is 3.27. The Labute approximate surface area is 66.0 Å². The van der Waals surface area contributed by atoms with Gasteiger partial charge in [0.2, 0.25) is 0 Å². The summed E-state index contributed by atoms with van der Waals surface area (Å²) in [7, 11) is 1.29. The summed E-state index contributed by atoms with van der Waals surface area (Å²) in [5.41, 5.74) is 0.830. The number of allylic oxidation sites excluding steroid dienone is 1. The largest absolute Gasteiger partial charge is 0.466 e. The molecule has 3 nitrogen and oxygen atoms in total. The van der Waals surface area contributed by atoms with Gasteiger partial charge in [0, 0.05) is 11.1 Å². The van der Waals surface area contributed by atoms with E-state index >= 15 is 0 Å². The van der Waals surface area contributed by atoms with Crippen molar-refractivity contribution in [2.24, 2.45) is 0 Å². The number of ether oxygens (including phenoxy) is 1. The van der Waals surface area contributed by atoms with E-state index in [1.807, 2.05) is 0 Å². The van der Waals surface area contributed by atoms with Crippen molar-refractivity contribution in [2.75, 3.05) is 7.11 Å². The Morgan fingerprint density at radius 3 is 1.73 bits per heavy atom. The molecule has 62 valence electrons. The number of hydrogen-bond donors (Lipinski definition) is 0. The Bertz CT molecular complexity index is 213. The van der Waals surface area contributed by atoms with Crippen LogP contribution in [0.25, 0.3) is 0 Å². The molecule has 0 aliphatic carbocycles. The summed E-state index contributed by atoms with van der Waals surface area (Å²) < 4.78 is 4.43. The van der Waals surface area contributed by atoms with Crippen LogP contribution >= 0.6 is 0 Å². The van der Waals surface area contributed by atoms with Crippen LogP contribution in [0.4, 0.5) is 0 Å². The molecule has 0 spiro atoms. The molecule has 0 aromatic rings. The van der Waals surface area contributed by atoms with Crippen LogP contribution in [-0.4, -0.2) is 18.9 Å². The van der Waals surface area contributed by atoms with Crippen molar-refractivity contribution in [2.45, 2.75) is 20.8 Å². The molecule has 0 saturated heterocycles. The molecule has 3 heteroatoms. The predicted octanol–water partition coefficient (Wildman–Crippen LogP) is 1.08. The number of rotatable bonds is 2. The molecule has 0 aliphatic heterocycles. The Hall–Kier alpha value is -1.12. The first-order chi connectivity index (χ1) is 5.00. The highest BCUT2D eigenvalue weighted by molar-refractivity contribution is 6.01. The van der Waals surface area contributed by atoms with Crippen LogP contribution in [0.3, 0.4) is 0 Å². The average molecular weight is 156 g/mol. The van der Waals surface area contributed by atoms with Crippen LogP contribution < -0.4 is 0 Å². The SMILES string of the molecule is COC(=O)/C(C)=C(/C)C(C)=O. The quantitative estimate of drug-likeness (QED) is 0.444. The summed E-state index contributed by atoms with van der Waals surface area (Å²) in [6, 6.07) is 0. The molecule has 0 amide bonds. The number of esters is 1. The fourth-order valence-corrected chi connectivity index (χ4v) is 0.570. The van der Waals surface area contributed by atoms with E-state index < -0.39 is 5.97 Å². The van der Waals surface area contributed by atoms with E-state index in [2.05, 4.69) is 4.74 Å². The van der Waals surface area contributed by atoms with Crippen LogP contribution in [0.5, 0.6) is 0 Å². The Balaban J connectivity index is 4.66. The van der Waals surface area contributed by atoms with E-state index in [9.17, 15) is 9.59 Å². The van der Waals surface area contributed by atoms with Crippen LogP contribution in [0.2, 0.25) is 0 Å². The van der Waals surface area contributed by atoms with Crippen molar-refractivity contribution in [1.82, 2.24) is 0 Å². The topological polar surface area (TPSA) is 43.4 Å². The number of carbonyl (C=O) groups is 2. The van der Waals surface area contributed by atoms with Gasteiger partial charge in [-0.1, -0.05) is 0 Å². The molecule has 0 heterocycles. The molecule has 0 aromatic heterocycles. The van der Waals surface area contributed by atoms with Crippen LogP contribution in [0, 0.1) is 0 Å². The van der Waals surface area contributed by atoms with Gasteiger partial charge in [0.25, 0.3) is 0 Å². The zero-order valence-electron chi connectivity index (χ0n) is 7.22. The molecule has 0 unspecified atom stereocenters. The maximum atomic E-state index is 10.8. The average Bonchev–Trinajstić information content (AvgIpc) is 2.00. The monoisotopic (exact) mass is 156 g/mol. The lowest BCUT2D eigenvalue weighted by atomic mass is 10.1. The third-order valence-corrected chi connectivity index (χ3v) is 1.58. The second-order valence-corrected chi connectivity index (χ2v) is 2.30. The molecule has 0 aromatic carbocycles.